The summed E-state index contributed by atoms with van der Waals surface area (Å²) in [6, 6.07) is 10.3. The van der Waals surface area contributed by atoms with Gasteiger partial charge in [-0.25, -0.2) is 0 Å². The minimum absolute atomic E-state index is 0.113. The molecule has 2 rings (SSSR count). The predicted molar refractivity (Wildman–Crippen MR) is 70.3 cm³/mol. The maximum Gasteiger partial charge on any atom is 0.255 e. The van der Waals surface area contributed by atoms with Crippen LogP contribution in [0.1, 0.15) is 5.56 Å². The summed E-state index contributed by atoms with van der Waals surface area (Å²) in [5, 5.41) is 18.2. The number of nitrogens with one attached hydrogen (secondary N) is 1. The van der Waals surface area contributed by atoms with E-state index < -0.39 is 0 Å². The third kappa shape index (κ3) is 2.46. The Hall–Kier alpha value is -3.05. The van der Waals surface area contributed by atoms with Crippen molar-refractivity contribution in [3.05, 3.63) is 45.8 Å². The molecule has 0 saturated heterocycles. The first-order valence-corrected chi connectivity index (χ1v) is 5.41. The van der Waals surface area contributed by atoms with Crippen molar-refractivity contribution in [2.45, 2.75) is 0 Å². The molecule has 5 heteroatoms. The number of methoxy groups -OCH3 is 1. The molecule has 0 bridgehead atoms. The minimum atomic E-state index is -0.358. The van der Waals surface area contributed by atoms with Crippen LogP contribution in [0.25, 0.3) is 17.0 Å². The van der Waals surface area contributed by atoms with Crippen molar-refractivity contribution < 1.29 is 4.74 Å². The van der Waals surface area contributed by atoms with Gasteiger partial charge in [0.1, 0.15) is 23.5 Å². The highest BCUT2D eigenvalue weighted by Gasteiger charge is 2.03. The lowest BCUT2D eigenvalue weighted by Crippen LogP contribution is -2.09. The summed E-state index contributed by atoms with van der Waals surface area (Å²) in [4.78, 5) is 14.5. The van der Waals surface area contributed by atoms with Gasteiger partial charge in [0.15, 0.2) is 0 Å². The van der Waals surface area contributed by atoms with Gasteiger partial charge >= 0.3 is 0 Å². The van der Waals surface area contributed by atoms with E-state index in [1.54, 1.807) is 43.5 Å². The van der Waals surface area contributed by atoms with Crippen LogP contribution >= 0.6 is 0 Å². The molecule has 19 heavy (non-hydrogen) atoms. The Morgan fingerprint density at radius 1 is 1.32 bits per heavy atom. The number of hydrogen-bond donors (Lipinski definition) is 1. The quantitative estimate of drug-likeness (QED) is 0.826. The number of rotatable bonds is 2. The Morgan fingerprint density at radius 2 is 2.05 bits per heavy atom. The molecular weight excluding hydrogens is 242 g/mol. The number of aromatic nitrogens is 1. The molecule has 1 aromatic heterocycles. The molecule has 0 spiro atoms. The van der Waals surface area contributed by atoms with E-state index in [-0.39, 0.29) is 16.7 Å². The second kappa shape index (κ2) is 5.07. The van der Waals surface area contributed by atoms with Gasteiger partial charge in [-0.1, -0.05) is 0 Å². The summed E-state index contributed by atoms with van der Waals surface area (Å²) in [5.41, 5.74) is 0.440. The number of nitrogens with zero attached hydrogens (tertiary/aromatic N) is 2. The fourth-order valence-corrected chi connectivity index (χ4v) is 1.68. The number of allylic oxidation sites excluding steroid dienone is 1. The first-order valence-electron chi connectivity index (χ1n) is 5.41. The van der Waals surface area contributed by atoms with Gasteiger partial charge in [-0.3, -0.25) is 4.79 Å². The molecule has 1 heterocycles. The third-order valence-electron chi connectivity index (χ3n) is 2.62. The number of aromatic amines is 1. The fraction of sp³-hybridized carbons (Fsp3) is 0.0714. The highest BCUT2D eigenvalue weighted by Crippen LogP contribution is 2.19. The molecule has 1 aromatic carbocycles. The summed E-state index contributed by atoms with van der Waals surface area (Å²) >= 11 is 0. The Balaban J connectivity index is 2.65. The second-order valence-corrected chi connectivity index (χ2v) is 3.79. The lowest BCUT2D eigenvalue weighted by atomic mass is 10.1. The minimum Gasteiger partial charge on any atom is -0.497 e. The van der Waals surface area contributed by atoms with Crippen LogP contribution in [0.5, 0.6) is 5.75 Å². The summed E-state index contributed by atoms with van der Waals surface area (Å²) in [5.74, 6) is 0.640. The molecule has 0 amide bonds. The lowest BCUT2D eigenvalue weighted by molar-refractivity contribution is 0.415. The van der Waals surface area contributed by atoms with Gasteiger partial charge in [0.05, 0.1) is 12.6 Å². The number of hydrogen-bond acceptors (Lipinski definition) is 4. The summed E-state index contributed by atoms with van der Waals surface area (Å²) in [6.45, 7) is 0. The van der Waals surface area contributed by atoms with Crippen molar-refractivity contribution in [1.82, 2.24) is 4.98 Å². The molecule has 2 aromatic rings. The van der Waals surface area contributed by atoms with Gasteiger partial charge in [0.2, 0.25) is 0 Å². The number of H-pyrrole nitrogens is 1. The maximum absolute atomic E-state index is 11.8. The molecule has 1 N–H and O–H groups in total. The average molecular weight is 251 g/mol. The molecule has 0 atom stereocenters. The summed E-state index contributed by atoms with van der Waals surface area (Å²) in [6.07, 6.45) is 1.27. The normalized spacial score (nSPS) is 9.42. The van der Waals surface area contributed by atoms with Crippen LogP contribution in [-0.2, 0) is 0 Å². The van der Waals surface area contributed by atoms with Crippen molar-refractivity contribution in [2.75, 3.05) is 7.11 Å². The molecule has 0 aliphatic heterocycles. The van der Waals surface area contributed by atoms with Gasteiger partial charge in [0.25, 0.3) is 5.56 Å². The van der Waals surface area contributed by atoms with E-state index in [0.717, 1.165) is 5.39 Å². The van der Waals surface area contributed by atoms with Crippen molar-refractivity contribution in [1.29, 1.82) is 10.5 Å². The highest BCUT2D eigenvalue weighted by atomic mass is 16.5. The number of pyridine rings is 1. The highest BCUT2D eigenvalue weighted by molar-refractivity contribution is 5.82. The molecule has 0 aliphatic carbocycles. The van der Waals surface area contributed by atoms with E-state index >= 15 is 0 Å². The smallest absolute Gasteiger partial charge is 0.255 e. The topological polar surface area (TPSA) is 89.7 Å². The van der Waals surface area contributed by atoms with Crippen LogP contribution in [0.2, 0.25) is 0 Å². The van der Waals surface area contributed by atoms with Crippen LogP contribution in [0.3, 0.4) is 0 Å². The standard InChI is InChI=1S/C14H9N3O2/c1-19-12-3-2-10-5-11(4-9(7-15)8-16)14(18)17-13(10)6-12/h2-6H,1H3,(H,17,18). The van der Waals surface area contributed by atoms with Crippen LogP contribution < -0.4 is 10.3 Å². The van der Waals surface area contributed by atoms with Crippen LogP contribution in [0, 0.1) is 22.7 Å². The van der Waals surface area contributed by atoms with Gasteiger partial charge < -0.3 is 9.72 Å². The predicted octanol–water partition coefficient (Wildman–Crippen LogP) is 1.97. The van der Waals surface area contributed by atoms with Crippen LogP contribution in [0.4, 0.5) is 0 Å². The fourth-order valence-electron chi connectivity index (χ4n) is 1.68. The van der Waals surface area contributed by atoms with Gasteiger partial charge in [0, 0.05) is 11.6 Å². The van der Waals surface area contributed by atoms with E-state index in [4.69, 9.17) is 15.3 Å². The van der Waals surface area contributed by atoms with Gasteiger partial charge in [-0.05, 0) is 29.7 Å². The number of nitriles is 2. The van der Waals surface area contributed by atoms with Gasteiger partial charge in [-0.2, -0.15) is 10.5 Å². The largest absolute Gasteiger partial charge is 0.497 e. The van der Waals surface area contributed by atoms with Crippen LogP contribution in [0.15, 0.2) is 34.6 Å². The van der Waals surface area contributed by atoms with Gasteiger partial charge in [-0.15, -0.1) is 0 Å². The Kier molecular flexibility index (Phi) is 3.31. The Bertz CT molecular complexity index is 788. The molecule has 0 aliphatic rings. The molecule has 0 unspecified atom stereocenters. The molecule has 5 nitrogen and oxygen atoms in total. The van der Waals surface area contributed by atoms with E-state index in [2.05, 4.69) is 4.98 Å². The molecule has 0 fully saturated rings. The number of benzene rings is 1. The zero-order valence-corrected chi connectivity index (χ0v) is 10.1. The van der Waals surface area contributed by atoms with Crippen molar-refractivity contribution in [2.24, 2.45) is 0 Å². The Morgan fingerprint density at radius 3 is 2.68 bits per heavy atom. The first kappa shape index (κ1) is 12.4. The SMILES string of the molecule is COc1ccc2cc(C=C(C#N)C#N)c(=O)[nH]c2c1. The Labute approximate surface area is 109 Å². The van der Waals surface area contributed by atoms with E-state index in [1.165, 1.54) is 6.08 Å². The van der Waals surface area contributed by atoms with Crippen molar-refractivity contribution in [3.63, 3.8) is 0 Å². The van der Waals surface area contributed by atoms with E-state index in [1.807, 2.05) is 0 Å². The molecule has 92 valence electrons. The monoisotopic (exact) mass is 251 g/mol. The number of ether oxygens (including phenoxy) is 1. The second-order valence-electron chi connectivity index (χ2n) is 3.79. The molecular formula is C14H9N3O2. The zero-order chi connectivity index (χ0) is 13.8. The molecule has 0 radical (unpaired) electrons. The van der Waals surface area contributed by atoms with Crippen molar-refractivity contribution >= 4 is 17.0 Å². The van der Waals surface area contributed by atoms with Crippen LogP contribution in [-0.4, -0.2) is 12.1 Å². The number of fused-ring (bicyclic) bond motifs is 1. The van der Waals surface area contributed by atoms with E-state index in [9.17, 15) is 4.79 Å². The first-order chi connectivity index (χ1) is 9.17. The van der Waals surface area contributed by atoms with E-state index in [0.29, 0.717) is 11.3 Å². The zero-order valence-electron chi connectivity index (χ0n) is 10.1. The van der Waals surface area contributed by atoms with Crippen molar-refractivity contribution in [3.8, 4) is 17.9 Å². The molecule has 0 saturated carbocycles. The average Bonchev–Trinajstić information content (AvgIpc) is 2.44. The maximum atomic E-state index is 11.8. The third-order valence-corrected chi connectivity index (χ3v) is 2.62. The lowest BCUT2D eigenvalue weighted by Gasteiger charge is -2.03. The summed E-state index contributed by atoms with van der Waals surface area (Å²) in [7, 11) is 1.54. The summed E-state index contributed by atoms with van der Waals surface area (Å²) < 4.78 is 5.07.